The third kappa shape index (κ3) is 4.27. The highest BCUT2D eigenvalue weighted by atomic mass is 32.2. The van der Waals surface area contributed by atoms with E-state index in [0.717, 1.165) is 12.0 Å². The second-order valence-corrected chi connectivity index (χ2v) is 7.39. The topological polar surface area (TPSA) is 75.3 Å². The van der Waals surface area contributed by atoms with Crippen LogP contribution in [0.4, 0.5) is 4.39 Å². The molecule has 0 saturated carbocycles. The van der Waals surface area contributed by atoms with Crippen LogP contribution in [0.2, 0.25) is 0 Å². The molecule has 1 amide bonds. The molecule has 1 aliphatic rings. The third-order valence-electron chi connectivity index (χ3n) is 3.77. The van der Waals surface area contributed by atoms with Crippen molar-refractivity contribution in [2.45, 2.75) is 38.6 Å². The van der Waals surface area contributed by atoms with Gasteiger partial charge in [0.25, 0.3) is 0 Å². The molecule has 1 aromatic carbocycles. The lowest BCUT2D eigenvalue weighted by molar-refractivity contribution is -0.120. The van der Waals surface area contributed by atoms with Crippen LogP contribution >= 0.6 is 0 Å². The van der Waals surface area contributed by atoms with Gasteiger partial charge in [-0.05, 0) is 36.5 Å². The Bertz CT molecular complexity index is 646. The number of unbranched alkanes of at least 4 members (excludes halogenated alkanes) is 1. The Morgan fingerprint density at radius 1 is 1.41 bits per heavy atom. The van der Waals surface area contributed by atoms with Gasteiger partial charge in [-0.2, -0.15) is 0 Å². The zero-order valence-electron chi connectivity index (χ0n) is 12.6. The molecule has 22 heavy (non-hydrogen) atoms. The van der Waals surface area contributed by atoms with Crippen molar-refractivity contribution < 1.29 is 17.6 Å². The zero-order valence-corrected chi connectivity index (χ0v) is 13.4. The minimum absolute atomic E-state index is 0.0221. The second kappa shape index (κ2) is 7.19. The molecular weight excluding hydrogens is 307 g/mol. The standard InChI is InChI=1S/C15H21FN2O3S/c1-2-3-9-22(20,21)17-10-15(19)18-14-8-7-11-12(14)5-4-6-13(11)16/h4-6,14,17H,2-3,7-10H2,1H3,(H,18,19). The first-order valence-corrected chi connectivity index (χ1v) is 9.12. The summed E-state index contributed by atoms with van der Waals surface area (Å²) in [5.74, 6) is -0.634. The summed E-state index contributed by atoms with van der Waals surface area (Å²) in [5, 5.41) is 2.76. The predicted molar refractivity (Wildman–Crippen MR) is 82.3 cm³/mol. The van der Waals surface area contributed by atoms with Crippen molar-refractivity contribution in [3.05, 3.63) is 35.1 Å². The smallest absolute Gasteiger partial charge is 0.235 e. The number of hydrogen-bond donors (Lipinski definition) is 2. The van der Waals surface area contributed by atoms with Crippen molar-refractivity contribution in [2.75, 3.05) is 12.3 Å². The number of sulfonamides is 1. The first-order valence-electron chi connectivity index (χ1n) is 7.47. The number of amides is 1. The Kier molecular flexibility index (Phi) is 5.52. The average molecular weight is 328 g/mol. The van der Waals surface area contributed by atoms with Gasteiger partial charge in [0.15, 0.2) is 0 Å². The van der Waals surface area contributed by atoms with E-state index in [1.165, 1.54) is 6.07 Å². The molecule has 0 aromatic heterocycles. The molecule has 0 radical (unpaired) electrons. The number of nitrogens with one attached hydrogen (secondary N) is 2. The SMILES string of the molecule is CCCCS(=O)(=O)NCC(=O)NC1CCc2c(F)cccc21. The van der Waals surface area contributed by atoms with Crippen molar-refractivity contribution in [1.82, 2.24) is 10.0 Å². The third-order valence-corrected chi connectivity index (χ3v) is 5.18. The van der Waals surface area contributed by atoms with Gasteiger partial charge < -0.3 is 5.32 Å². The van der Waals surface area contributed by atoms with E-state index in [2.05, 4.69) is 10.0 Å². The molecule has 2 N–H and O–H groups in total. The molecule has 1 atom stereocenters. The summed E-state index contributed by atoms with van der Waals surface area (Å²) < 4.78 is 39.2. The van der Waals surface area contributed by atoms with Crippen LogP contribution in [-0.2, 0) is 21.2 Å². The van der Waals surface area contributed by atoms with E-state index in [1.807, 2.05) is 6.92 Å². The molecule has 122 valence electrons. The predicted octanol–water partition coefficient (Wildman–Crippen LogP) is 1.65. The van der Waals surface area contributed by atoms with Crippen LogP contribution in [0.5, 0.6) is 0 Å². The zero-order chi connectivity index (χ0) is 16.2. The molecular formula is C15H21FN2O3S. The van der Waals surface area contributed by atoms with E-state index in [1.54, 1.807) is 12.1 Å². The fraction of sp³-hybridized carbons (Fsp3) is 0.533. The summed E-state index contributed by atoms with van der Waals surface area (Å²) >= 11 is 0. The summed E-state index contributed by atoms with van der Waals surface area (Å²) in [6.07, 6.45) is 2.55. The number of benzene rings is 1. The van der Waals surface area contributed by atoms with E-state index in [4.69, 9.17) is 0 Å². The lowest BCUT2D eigenvalue weighted by Crippen LogP contribution is -2.39. The maximum Gasteiger partial charge on any atom is 0.235 e. The van der Waals surface area contributed by atoms with E-state index in [9.17, 15) is 17.6 Å². The maximum atomic E-state index is 13.6. The highest BCUT2D eigenvalue weighted by Crippen LogP contribution is 2.32. The number of fused-ring (bicyclic) bond motifs is 1. The average Bonchev–Trinajstić information content (AvgIpc) is 2.88. The first kappa shape index (κ1) is 16.9. The number of carbonyl (C=O) groups is 1. The van der Waals surface area contributed by atoms with Crippen LogP contribution in [0.1, 0.15) is 43.4 Å². The van der Waals surface area contributed by atoms with Gasteiger partial charge in [0.05, 0.1) is 18.3 Å². The van der Waals surface area contributed by atoms with Crippen molar-refractivity contribution in [1.29, 1.82) is 0 Å². The van der Waals surface area contributed by atoms with Crippen molar-refractivity contribution in [3.8, 4) is 0 Å². The summed E-state index contributed by atoms with van der Waals surface area (Å²) in [4.78, 5) is 11.9. The van der Waals surface area contributed by atoms with Crippen LogP contribution in [0.15, 0.2) is 18.2 Å². The van der Waals surface area contributed by atoms with Gasteiger partial charge in [-0.25, -0.2) is 17.5 Å². The van der Waals surface area contributed by atoms with Crippen molar-refractivity contribution in [3.63, 3.8) is 0 Å². The van der Waals surface area contributed by atoms with Crippen LogP contribution in [0, 0.1) is 5.82 Å². The molecule has 0 fully saturated rings. The number of hydrogen-bond acceptors (Lipinski definition) is 3. The van der Waals surface area contributed by atoms with E-state index in [0.29, 0.717) is 24.8 Å². The minimum Gasteiger partial charge on any atom is -0.348 e. The molecule has 1 aromatic rings. The van der Waals surface area contributed by atoms with Gasteiger partial charge in [0.1, 0.15) is 5.82 Å². The monoisotopic (exact) mass is 328 g/mol. The van der Waals surface area contributed by atoms with E-state index in [-0.39, 0.29) is 24.2 Å². The van der Waals surface area contributed by atoms with Gasteiger partial charge in [0.2, 0.25) is 15.9 Å². The molecule has 5 nitrogen and oxygen atoms in total. The molecule has 0 bridgehead atoms. The number of halogens is 1. The van der Waals surface area contributed by atoms with Crippen LogP contribution < -0.4 is 10.0 Å². The van der Waals surface area contributed by atoms with Crippen LogP contribution in [0.3, 0.4) is 0 Å². The van der Waals surface area contributed by atoms with Crippen LogP contribution in [0.25, 0.3) is 0 Å². The fourth-order valence-electron chi connectivity index (χ4n) is 2.59. The minimum atomic E-state index is -3.41. The maximum absolute atomic E-state index is 13.6. The van der Waals surface area contributed by atoms with Gasteiger partial charge in [0, 0.05) is 0 Å². The number of rotatable bonds is 7. The number of carbonyl (C=O) groups excluding carboxylic acids is 1. The molecule has 1 unspecified atom stereocenters. The largest absolute Gasteiger partial charge is 0.348 e. The van der Waals surface area contributed by atoms with Crippen molar-refractivity contribution >= 4 is 15.9 Å². The van der Waals surface area contributed by atoms with Gasteiger partial charge in [-0.15, -0.1) is 0 Å². The van der Waals surface area contributed by atoms with Crippen LogP contribution in [-0.4, -0.2) is 26.6 Å². The normalized spacial score (nSPS) is 17.3. The lowest BCUT2D eigenvalue weighted by Gasteiger charge is -2.14. The highest BCUT2D eigenvalue weighted by Gasteiger charge is 2.26. The Labute approximate surface area is 130 Å². The van der Waals surface area contributed by atoms with Crippen molar-refractivity contribution in [2.24, 2.45) is 0 Å². The van der Waals surface area contributed by atoms with Gasteiger partial charge in [-0.3, -0.25) is 4.79 Å². The summed E-state index contributed by atoms with van der Waals surface area (Å²) in [7, 11) is -3.41. The molecule has 0 aliphatic heterocycles. The molecule has 0 saturated heterocycles. The Balaban J connectivity index is 1.88. The Morgan fingerprint density at radius 2 is 2.18 bits per heavy atom. The summed E-state index contributed by atoms with van der Waals surface area (Å²) in [5.41, 5.74) is 1.42. The van der Waals surface area contributed by atoms with Gasteiger partial charge in [-0.1, -0.05) is 25.5 Å². The fourth-order valence-corrected chi connectivity index (χ4v) is 3.75. The Morgan fingerprint density at radius 3 is 2.91 bits per heavy atom. The molecule has 1 aliphatic carbocycles. The molecule has 7 heteroatoms. The summed E-state index contributed by atoms with van der Waals surface area (Å²) in [6.45, 7) is 1.62. The van der Waals surface area contributed by atoms with E-state index < -0.39 is 15.9 Å². The molecule has 2 rings (SSSR count). The summed E-state index contributed by atoms with van der Waals surface area (Å²) in [6, 6.07) is 4.57. The quantitative estimate of drug-likeness (QED) is 0.799. The highest BCUT2D eigenvalue weighted by molar-refractivity contribution is 7.89. The molecule has 0 spiro atoms. The lowest BCUT2D eigenvalue weighted by atomic mass is 10.1. The Hall–Kier alpha value is -1.47. The second-order valence-electron chi connectivity index (χ2n) is 5.46. The van der Waals surface area contributed by atoms with E-state index >= 15 is 0 Å². The van der Waals surface area contributed by atoms with Gasteiger partial charge >= 0.3 is 0 Å². The first-order chi connectivity index (χ1) is 10.4. The molecule has 0 heterocycles.